The Morgan fingerprint density at radius 2 is 2.12 bits per heavy atom. The van der Waals surface area contributed by atoms with E-state index in [0.29, 0.717) is 17.2 Å². The van der Waals surface area contributed by atoms with Gasteiger partial charge in [-0.2, -0.15) is 0 Å². The Morgan fingerprint density at radius 3 is 2.92 bits per heavy atom. The van der Waals surface area contributed by atoms with Crippen molar-refractivity contribution in [2.75, 3.05) is 7.11 Å². The van der Waals surface area contributed by atoms with Gasteiger partial charge in [0.2, 0.25) is 5.76 Å². The van der Waals surface area contributed by atoms with Gasteiger partial charge in [-0.05, 0) is 35.9 Å². The van der Waals surface area contributed by atoms with Crippen molar-refractivity contribution in [1.29, 1.82) is 0 Å². The molecule has 0 fully saturated rings. The van der Waals surface area contributed by atoms with Crippen LogP contribution in [0.4, 0.5) is 0 Å². The highest BCUT2D eigenvalue weighted by Gasteiger charge is 2.10. The molecule has 0 amide bonds. The van der Waals surface area contributed by atoms with Crippen LogP contribution in [0.15, 0.2) is 63.7 Å². The fourth-order valence-corrected chi connectivity index (χ4v) is 2.02. The van der Waals surface area contributed by atoms with Crippen LogP contribution in [0.25, 0.3) is 17.6 Å². The molecule has 0 aliphatic heterocycles. The summed E-state index contributed by atoms with van der Waals surface area (Å²) < 4.78 is 20.6. The lowest BCUT2D eigenvalue weighted by Crippen LogP contribution is -2.00. The average Bonchev–Trinajstić information content (AvgIpc) is 3.29. The van der Waals surface area contributed by atoms with Crippen LogP contribution in [0.1, 0.15) is 11.3 Å². The molecular formula is C18H15NO5. The molecule has 6 heteroatoms. The molecule has 0 aliphatic rings. The molecule has 0 saturated carbocycles. The van der Waals surface area contributed by atoms with Gasteiger partial charge in [-0.15, -0.1) is 0 Å². The number of ether oxygens (including phenoxy) is 2. The maximum atomic E-state index is 11.8. The van der Waals surface area contributed by atoms with E-state index in [9.17, 15) is 4.79 Å². The normalized spacial score (nSPS) is 10.9. The van der Waals surface area contributed by atoms with E-state index in [-0.39, 0.29) is 6.61 Å². The molecule has 0 radical (unpaired) electrons. The molecule has 3 aromatic rings. The predicted octanol–water partition coefficient (Wildman–Crippen LogP) is 3.70. The first-order valence-corrected chi connectivity index (χ1v) is 7.23. The van der Waals surface area contributed by atoms with Gasteiger partial charge >= 0.3 is 5.97 Å². The number of aromatic nitrogens is 1. The van der Waals surface area contributed by atoms with E-state index in [1.54, 1.807) is 37.6 Å². The molecule has 0 spiro atoms. The fourth-order valence-electron chi connectivity index (χ4n) is 2.02. The van der Waals surface area contributed by atoms with Gasteiger partial charge in [0, 0.05) is 12.1 Å². The first-order chi connectivity index (χ1) is 11.7. The molecule has 3 rings (SSSR count). The molecular weight excluding hydrogens is 310 g/mol. The Bertz CT molecular complexity index is 833. The maximum Gasteiger partial charge on any atom is 0.331 e. The highest BCUT2D eigenvalue weighted by molar-refractivity contribution is 5.87. The van der Waals surface area contributed by atoms with Crippen LogP contribution in [0.3, 0.4) is 0 Å². The zero-order chi connectivity index (χ0) is 16.8. The van der Waals surface area contributed by atoms with E-state index in [4.69, 9.17) is 18.4 Å². The summed E-state index contributed by atoms with van der Waals surface area (Å²) >= 11 is 0. The number of carbonyl (C=O) groups is 1. The summed E-state index contributed by atoms with van der Waals surface area (Å²) in [5.41, 5.74) is 1.34. The molecule has 6 nitrogen and oxygen atoms in total. The lowest BCUT2D eigenvalue weighted by molar-refractivity contribution is -0.139. The van der Waals surface area contributed by atoms with Gasteiger partial charge in [-0.1, -0.05) is 17.3 Å². The third-order valence-corrected chi connectivity index (χ3v) is 3.19. The fraction of sp³-hybridized carbons (Fsp3) is 0.111. The molecule has 1 aromatic carbocycles. The summed E-state index contributed by atoms with van der Waals surface area (Å²) in [7, 11) is 1.59. The molecule has 0 N–H and O–H groups in total. The van der Waals surface area contributed by atoms with Crippen molar-refractivity contribution in [3.05, 3.63) is 66.1 Å². The molecule has 0 unspecified atom stereocenters. The van der Waals surface area contributed by atoms with Crippen LogP contribution in [0.2, 0.25) is 0 Å². The van der Waals surface area contributed by atoms with Crippen molar-refractivity contribution in [2.24, 2.45) is 0 Å². The van der Waals surface area contributed by atoms with E-state index in [1.807, 2.05) is 24.3 Å². The van der Waals surface area contributed by atoms with Crippen LogP contribution in [0.5, 0.6) is 5.75 Å². The second-order valence-corrected chi connectivity index (χ2v) is 4.88. The minimum absolute atomic E-state index is 0.0193. The minimum atomic E-state index is -0.472. The van der Waals surface area contributed by atoms with Crippen molar-refractivity contribution in [3.63, 3.8) is 0 Å². The maximum absolute atomic E-state index is 11.8. The highest BCUT2D eigenvalue weighted by Crippen LogP contribution is 2.20. The van der Waals surface area contributed by atoms with Crippen LogP contribution in [0, 0.1) is 0 Å². The first kappa shape index (κ1) is 15.6. The third kappa shape index (κ3) is 3.92. The van der Waals surface area contributed by atoms with E-state index < -0.39 is 5.97 Å². The van der Waals surface area contributed by atoms with Gasteiger partial charge in [0.1, 0.15) is 18.1 Å². The topological polar surface area (TPSA) is 74.7 Å². The number of hydrogen-bond donors (Lipinski definition) is 0. The largest absolute Gasteiger partial charge is 0.497 e. The zero-order valence-electron chi connectivity index (χ0n) is 13.0. The van der Waals surface area contributed by atoms with Crippen molar-refractivity contribution in [1.82, 2.24) is 5.16 Å². The molecule has 122 valence electrons. The van der Waals surface area contributed by atoms with Gasteiger partial charge in [0.15, 0.2) is 5.76 Å². The number of hydrogen-bond acceptors (Lipinski definition) is 6. The Balaban J connectivity index is 1.54. The molecule has 2 aromatic heterocycles. The van der Waals surface area contributed by atoms with Gasteiger partial charge in [0.05, 0.1) is 13.4 Å². The molecule has 0 aliphatic carbocycles. The molecule has 0 bridgehead atoms. The van der Waals surface area contributed by atoms with Crippen molar-refractivity contribution >= 4 is 12.0 Å². The number of benzene rings is 1. The lowest BCUT2D eigenvalue weighted by atomic mass is 10.2. The van der Waals surface area contributed by atoms with Crippen LogP contribution >= 0.6 is 0 Å². The molecule has 2 heterocycles. The van der Waals surface area contributed by atoms with Crippen LogP contribution in [-0.4, -0.2) is 18.2 Å². The summed E-state index contributed by atoms with van der Waals surface area (Å²) in [6.07, 6.45) is 4.55. The van der Waals surface area contributed by atoms with Crippen molar-refractivity contribution < 1.29 is 23.2 Å². The average molecular weight is 325 g/mol. The van der Waals surface area contributed by atoms with Gasteiger partial charge in [0.25, 0.3) is 0 Å². The van der Waals surface area contributed by atoms with Crippen molar-refractivity contribution in [2.45, 2.75) is 6.61 Å². The quantitative estimate of drug-likeness (QED) is 0.508. The number of furan rings is 1. The predicted molar refractivity (Wildman–Crippen MR) is 86.0 cm³/mol. The minimum Gasteiger partial charge on any atom is -0.497 e. The van der Waals surface area contributed by atoms with E-state index in [0.717, 1.165) is 11.3 Å². The number of carbonyl (C=O) groups excluding carboxylic acids is 1. The van der Waals surface area contributed by atoms with E-state index >= 15 is 0 Å². The first-order valence-electron chi connectivity index (χ1n) is 7.23. The highest BCUT2D eigenvalue weighted by atomic mass is 16.5. The Morgan fingerprint density at radius 1 is 1.21 bits per heavy atom. The second-order valence-electron chi connectivity index (χ2n) is 4.88. The molecule has 24 heavy (non-hydrogen) atoms. The zero-order valence-corrected chi connectivity index (χ0v) is 13.0. The van der Waals surface area contributed by atoms with Gasteiger partial charge in [-0.3, -0.25) is 0 Å². The Kier molecular flexibility index (Phi) is 4.76. The molecule has 0 atom stereocenters. The third-order valence-electron chi connectivity index (χ3n) is 3.19. The smallest absolute Gasteiger partial charge is 0.331 e. The van der Waals surface area contributed by atoms with Gasteiger partial charge in [-0.25, -0.2) is 4.79 Å². The number of nitrogens with zero attached hydrogens (tertiary/aromatic N) is 1. The van der Waals surface area contributed by atoms with Crippen LogP contribution in [-0.2, 0) is 16.1 Å². The van der Waals surface area contributed by atoms with Crippen LogP contribution < -0.4 is 4.74 Å². The molecule has 0 saturated heterocycles. The Labute approximate surface area is 138 Å². The SMILES string of the molecule is COc1cccc(/C=C/C(=O)OCc2cc(-c3ccco3)on2)c1. The number of rotatable bonds is 6. The summed E-state index contributed by atoms with van der Waals surface area (Å²) in [6, 6.07) is 12.5. The second kappa shape index (κ2) is 7.32. The number of methoxy groups -OCH3 is 1. The summed E-state index contributed by atoms with van der Waals surface area (Å²) in [5, 5.41) is 3.83. The summed E-state index contributed by atoms with van der Waals surface area (Å²) in [4.78, 5) is 11.8. The van der Waals surface area contributed by atoms with Crippen molar-refractivity contribution in [3.8, 4) is 17.3 Å². The van der Waals surface area contributed by atoms with Gasteiger partial charge < -0.3 is 18.4 Å². The van der Waals surface area contributed by atoms with E-state index in [1.165, 1.54) is 6.08 Å². The lowest BCUT2D eigenvalue weighted by Gasteiger charge is -2.00. The Hall–Kier alpha value is -3.28. The summed E-state index contributed by atoms with van der Waals surface area (Å²) in [6.45, 7) is 0.0193. The van der Waals surface area contributed by atoms with E-state index in [2.05, 4.69) is 5.16 Å². The number of esters is 1. The summed E-state index contributed by atoms with van der Waals surface area (Å²) in [5.74, 6) is 1.30. The standard InChI is InChI=1S/C18H15NO5/c1-21-15-5-2-4-13(10-15)7-8-18(20)23-12-14-11-17(24-19-14)16-6-3-9-22-16/h2-11H,12H2,1H3/b8-7+. The monoisotopic (exact) mass is 325 g/mol.